The van der Waals surface area contributed by atoms with Crippen molar-refractivity contribution in [2.75, 3.05) is 0 Å². The second-order valence-electron chi connectivity index (χ2n) is 4.42. The monoisotopic (exact) mass is 207 g/mol. The van der Waals surface area contributed by atoms with Crippen LogP contribution in [0.3, 0.4) is 0 Å². The number of rotatable bonds is 6. The number of aromatic nitrogens is 2. The first-order valence-electron chi connectivity index (χ1n) is 5.50. The highest BCUT2D eigenvalue weighted by atomic mass is 15.2. The first kappa shape index (κ1) is 12.0. The lowest BCUT2D eigenvalue weighted by molar-refractivity contribution is 0.441. The summed E-state index contributed by atoms with van der Waals surface area (Å²) < 4.78 is 1.73. The maximum Gasteiger partial charge on any atom is 0.0538 e. The Bertz CT molecular complexity index is 302. The molecule has 3 heteroatoms. The quantitative estimate of drug-likeness (QED) is 0.776. The topological polar surface area (TPSA) is 29.9 Å². The van der Waals surface area contributed by atoms with E-state index in [0.29, 0.717) is 6.04 Å². The van der Waals surface area contributed by atoms with Crippen LogP contribution in [0.5, 0.6) is 0 Å². The molecular formula is C12H21N3. The molecule has 0 aliphatic rings. The molecule has 0 aliphatic heterocycles. The normalized spacial score (nSPS) is 13.1. The lowest BCUT2D eigenvalue weighted by Crippen LogP contribution is -2.26. The maximum absolute atomic E-state index is 4.13. The van der Waals surface area contributed by atoms with E-state index in [2.05, 4.69) is 37.8 Å². The fraction of sp³-hybridized carbons (Fsp3) is 0.583. The van der Waals surface area contributed by atoms with Crippen molar-refractivity contribution in [3.63, 3.8) is 0 Å². The highest BCUT2D eigenvalue weighted by molar-refractivity contribution is 5.17. The molecule has 1 aromatic heterocycles. The van der Waals surface area contributed by atoms with E-state index in [0.717, 1.165) is 12.5 Å². The molecule has 1 atom stereocenters. The second-order valence-corrected chi connectivity index (χ2v) is 4.42. The standard InChI is InChI=1S/C12H21N3/c1-5-15-9-12(8-14-15)7-13-11(4)6-10(2)3/h5,8-11,13H,1,6-7H2,2-4H3. The van der Waals surface area contributed by atoms with Crippen LogP contribution in [-0.4, -0.2) is 15.8 Å². The van der Waals surface area contributed by atoms with E-state index in [4.69, 9.17) is 0 Å². The van der Waals surface area contributed by atoms with Gasteiger partial charge in [0.2, 0.25) is 0 Å². The zero-order valence-electron chi connectivity index (χ0n) is 9.90. The molecule has 1 aromatic rings. The smallest absolute Gasteiger partial charge is 0.0538 e. The Balaban J connectivity index is 2.33. The highest BCUT2D eigenvalue weighted by Crippen LogP contribution is 2.05. The van der Waals surface area contributed by atoms with E-state index in [9.17, 15) is 0 Å². The summed E-state index contributed by atoms with van der Waals surface area (Å²) in [6.07, 6.45) is 6.76. The van der Waals surface area contributed by atoms with Gasteiger partial charge in [-0.2, -0.15) is 5.10 Å². The van der Waals surface area contributed by atoms with Crippen molar-refractivity contribution in [3.05, 3.63) is 24.5 Å². The fourth-order valence-electron chi connectivity index (χ4n) is 1.65. The predicted molar refractivity (Wildman–Crippen MR) is 64.4 cm³/mol. The van der Waals surface area contributed by atoms with Gasteiger partial charge in [-0.15, -0.1) is 0 Å². The molecule has 0 bridgehead atoms. The van der Waals surface area contributed by atoms with E-state index in [1.54, 1.807) is 10.9 Å². The summed E-state index contributed by atoms with van der Waals surface area (Å²) in [5.74, 6) is 0.739. The molecule has 1 heterocycles. The van der Waals surface area contributed by atoms with Gasteiger partial charge in [0.25, 0.3) is 0 Å². The molecule has 0 aliphatic carbocycles. The minimum atomic E-state index is 0.553. The molecular weight excluding hydrogens is 186 g/mol. The fourth-order valence-corrected chi connectivity index (χ4v) is 1.65. The van der Waals surface area contributed by atoms with Gasteiger partial charge in [0.1, 0.15) is 0 Å². The average Bonchev–Trinajstić information content (AvgIpc) is 2.61. The Morgan fingerprint density at radius 1 is 1.53 bits per heavy atom. The van der Waals surface area contributed by atoms with Crippen LogP contribution in [0, 0.1) is 5.92 Å². The third kappa shape index (κ3) is 4.30. The zero-order valence-corrected chi connectivity index (χ0v) is 9.90. The van der Waals surface area contributed by atoms with Crippen molar-refractivity contribution in [2.24, 2.45) is 5.92 Å². The summed E-state index contributed by atoms with van der Waals surface area (Å²) >= 11 is 0. The Kier molecular flexibility index (Phi) is 4.56. The Morgan fingerprint density at radius 2 is 2.27 bits per heavy atom. The summed E-state index contributed by atoms with van der Waals surface area (Å²) in [6, 6.07) is 0.553. The number of hydrogen-bond acceptors (Lipinski definition) is 2. The van der Waals surface area contributed by atoms with Crippen molar-refractivity contribution in [3.8, 4) is 0 Å². The molecule has 1 N–H and O–H groups in total. The molecule has 0 spiro atoms. The van der Waals surface area contributed by atoms with Crippen LogP contribution in [0.4, 0.5) is 0 Å². The maximum atomic E-state index is 4.13. The third-order valence-corrected chi connectivity index (χ3v) is 2.32. The minimum absolute atomic E-state index is 0.553. The lowest BCUT2D eigenvalue weighted by atomic mass is 10.1. The van der Waals surface area contributed by atoms with Crippen LogP contribution in [0.15, 0.2) is 19.0 Å². The van der Waals surface area contributed by atoms with Crippen LogP contribution in [0.2, 0.25) is 0 Å². The summed E-state index contributed by atoms with van der Waals surface area (Å²) in [6.45, 7) is 11.2. The highest BCUT2D eigenvalue weighted by Gasteiger charge is 2.04. The second kappa shape index (κ2) is 5.71. The van der Waals surface area contributed by atoms with Crippen LogP contribution >= 0.6 is 0 Å². The molecule has 0 amide bonds. The van der Waals surface area contributed by atoms with Gasteiger partial charge in [-0.25, -0.2) is 4.68 Å². The Morgan fingerprint density at radius 3 is 2.80 bits per heavy atom. The number of hydrogen-bond donors (Lipinski definition) is 1. The average molecular weight is 207 g/mol. The number of nitrogens with one attached hydrogen (secondary N) is 1. The molecule has 0 radical (unpaired) electrons. The van der Waals surface area contributed by atoms with E-state index in [-0.39, 0.29) is 0 Å². The summed E-state index contributed by atoms with van der Waals surface area (Å²) in [5.41, 5.74) is 1.20. The first-order valence-corrected chi connectivity index (χ1v) is 5.50. The van der Waals surface area contributed by atoms with Crippen molar-refractivity contribution in [1.29, 1.82) is 0 Å². The van der Waals surface area contributed by atoms with Gasteiger partial charge in [-0.05, 0) is 19.3 Å². The summed E-state index contributed by atoms with van der Waals surface area (Å²) in [4.78, 5) is 0. The van der Waals surface area contributed by atoms with Crippen LogP contribution in [-0.2, 0) is 6.54 Å². The molecule has 1 rings (SSSR count). The zero-order chi connectivity index (χ0) is 11.3. The van der Waals surface area contributed by atoms with Gasteiger partial charge in [0, 0.05) is 30.5 Å². The van der Waals surface area contributed by atoms with E-state index in [1.807, 2.05) is 12.4 Å². The first-order chi connectivity index (χ1) is 7.11. The van der Waals surface area contributed by atoms with Gasteiger partial charge < -0.3 is 5.32 Å². The summed E-state index contributed by atoms with van der Waals surface area (Å²) in [7, 11) is 0. The van der Waals surface area contributed by atoms with Crippen LogP contribution in [0.1, 0.15) is 32.8 Å². The minimum Gasteiger partial charge on any atom is -0.310 e. The largest absolute Gasteiger partial charge is 0.310 e. The summed E-state index contributed by atoms with van der Waals surface area (Å²) in [5, 5.41) is 7.61. The molecule has 0 saturated carbocycles. The Labute approximate surface area is 92.2 Å². The van der Waals surface area contributed by atoms with Crippen molar-refractivity contribution >= 4 is 6.20 Å². The van der Waals surface area contributed by atoms with Gasteiger partial charge in [0.15, 0.2) is 0 Å². The van der Waals surface area contributed by atoms with Gasteiger partial charge >= 0.3 is 0 Å². The van der Waals surface area contributed by atoms with E-state index in [1.165, 1.54) is 12.0 Å². The predicted octanol–water partition coefficient (Wildman–Crippen LogP) is 2.51. The van der Waals surface area contributed by atoms with E-state index < -0.39 is 0 Å². The lowest BCUT2D eigenvalue weighted by Gasteiger charge is -2.14. The number of nitrogens with zero attached hydrogens (tertiary/aromatic N) is 2. The van der Waals surface area contributed by atoms with E-state index >= 15 is 0 Å². The molecule has 0 saturated heterocycles. The molecule has 0 aromatic carbocycles. The molecule has 84 valence electrons. The van der Waals surface area contributed by atoms with Crippen molar-refractivity contribution in [1.82, 2.24) is 15.1 Å². The van der Waals surface area contributed by atoms with Gasteiger partial charge in [0.05, 0.1) is 6.20 Å². The van der Waals surface area contributed by atoms with Crippen LogP contribution in [0.25, 0.3) is 6.20 Å². The van der Waals surface area contributed by atoms with Crippen molar-refractivity contribution in [2.45, 2.75) is 39.8 Å². The third-order valence-electron chi connectivity index (χ3n) is 2.32. The van der Waals surface area contributed by atoms with Gasteiger partial charge in [-0.3, -0.25) is 0 Å². The molecule has 0 fully saturated rings. The molecule has 1 unspecified atom stereocenters. The van der Waals surface area contributed by atoms with Gasteiger partial charge in [-0.1, -0.05) is 20.4 Å². The molecule has 3 nitrogen and oxygen atoms in total. The van der Waals surface area contributed by atoms with Crippen LogP contribution < -0.4 is 5.32 Å². The molecule has 15 heavy (non-hydrogen) atoms. The SMILES string of the molecule is C=Cn1cc(CNC(C)CC(C)C)cn1. The Hall–Kier alpha value is -1.09. The van der Waals surface area contributed by atoms with Crippen molar-refractivity contribution < 1.29 is 0 Å².